The van der Waals surface area contributed by atoms with Crippen LogP contribution in [0, 0.1) is 13.8 Å². The number of aryl methyl sites for hydroxylation is 2. The molecule has 2 rings (SSSR count). The number of aromatic nitrogens is 2. The number of rotatable bonds is 6. The van der Waals surface area contributed by atoms with Gasteiger partial charge in [-0.05, 0) is 25.0 Å². The van der Waals surface area contributed by atoms with E-state index >= 15 is 0 Å². The van der Waals surface area contributed by atoms with Crippen molar-refractivity contribution in [3.05, 3.63) is 41.2 Å². The Bertz CT molecular complexity index is 614. The molecule has 0 aromatic carbocycles. The molecule has 5 nitrogen and oxygen atoms in total. The first-order chi connectivity index (χ1) is 10.1. The molecule has 5 heteroatoms. The minimum Gasteiger partial charge on any atom is -0.493 e. The van der Waals surface area contributed by atoms with Crippen molar-refractivity contribution in [1.82, 2.24) is 9.97 Å². The summed E-state index contributed by atoms with van der Waals surface area (Å²) in [6.07, 6.45) is 2.64. The van der Waals surface area contributed by atoms with Crippen molar-refractivity contribution in [3.8, 4) is 11.6 Å². The summed E-state index contributed by atoms with van der Waals surface area (Å²) in [5, 5.41) is 3.10. The Labute approximate surface area is 125 Å². The molecule has 2 aromatic heterocycles. The zero-order valence-electron chi connectivity index (χ0n) is 12.9. The van der Waals surface area contributed by atoms with Crippen molar-refractivity contribution in [3.63, 3.8) is 0 Å². The van der Waals surface area contributed by atoms with Gasteiger partial charge in [-0.15, -0.1) is 0 Å². The fourth-order valence-electron chi connectivity index (χ4n) is 2.12. The highest BCUT2D eigenvalue weighted by molar-refractivity contribution is 5.44. The third kappa shape index (κ3) is 4.08. The highest BCUT2D eigenvalue weighted by Crippen LogP contribution is 2.20. The monoisotopic (exact) mass is 287 g/mol. The van der Waals surface area contributed by atoms with Crippen molar-refractivity contribution < 1.29 is 9.47 Å². The van der Waals surface area contributed by atoms with E-state index in [1.807, 2.05) is 33.2 Å². The van der Waals surface area contributed by atoms with Gasteiger partial charge in [0.1, 0.15) is 11.6 Å². The summed E-state index contributed by atoms with van der Waals surface area (Å²) in [6.45, 7) is 4.53. The summed E-state index contributed by atoms with van der Waals surface area (Å²) in [4.78, 5) is 8.60. The number of anilines is 1. The lowest BCUT2D eigenvalue weighted by molar-refractivity contribution is 0.317. The second-order valence-corrected chi connectivity index (χ2v) is 4.86. The Kier molecular flexibility index (Phi) is 4.98. The fraction of sp³-hybridized carbons (Fsp3) is 0.375. The van der Waals surface area contributed by atoms with Crippen molar-refractivity contribution >= 4 is 5.82 Å². The standard InChI is InChI=1S/C16H21N3O2/c1-11-7-13(16(17-3)18-10-11)5-6-21-14-8-12(2)19-15(9-14)20-4/h7-10H,5-6H2,1-4H3,(H,17,18). The summed E-state index contributed by atoms with van der Waals surface area (Å²) in [6, 6.07) is 5.82. The quantitative estimate of drug-likeness (QED) is 0.885. The zero-order chi connectivity index (χ0) is 15.2. The van der Waals surface area contributed by atoms with E-state index in [-0.39, 0.29) is 0 Å². The van der Waals surface area contributed by atoms with Gasteiger partial charge < -0.3 is 14.8 Å². The lowest BCUT2D eigenvalue weighted by Crippen LogP contribution is -2.06. The molecule has 21 heavy (non-hydrogen) atoms. The molecule has 2 heterocycles. The Morgan fingerprint density at radius 2 is 2.00 bits per heavy atom. The largest absolute Gasteiger partial charge is 0.493 e. The van der Waals surface area contributed by atoms with E-state index in [9.17, 15) is 0 Å². The Morgan fingerprint density at radius 1 is 1.19 bits per heavy atom. The molecule has 0 amide bonds. The summed E-state index contributed by atoms with van der Waals surface area (Å²) in [5.74, 6) is 2.23. The molecule has 0 fully saturated rings. The summed E-state index contributed by atoms with van der Waals surface area (Å²) in [7, 11) is 3.47. The third-order valence-electron chi connectivity index (χ3n) is 3.09. The van der Waals surface area contributed by atoms with Crippen LogP contribution >= 0.6 is 0 Å². The van der Waals surface area contributed by atoms with Gasteiger partial charge in [0.05, 0.1) is 13.7 Å². The minimum absolute atomic E-state index is 0.568. The van der Waals surface area contributed by atoms with Crippen LogP contribution in [0.3, 0.4) is 0 Å². The molecular weight excluding hydrogens is 266 g/mol. The fourth-order valence-corrected chi connectivity index (χ4v) is 2.12. The average molecular weight is 287 g/mol. The van der Waals surface area contributed by atoms with Gasteiger partial charge in [-0.3, -0.25) is 0 Å². The van der Waals surface area contributed by atoms with Gasteiger partial charge in [-0.2, -0.15) is 0 Å². The van der Waals surface area contributed by atoms with Gasteiger partial charge in [0, 0.05) is 37.5 Å². The molecule has 0 bridgehead atoms. The first-order valence-corrected chi connectivity index (χ1v) is 6.91. The second-order valence-electron chi connectivity index (χ2n) is 4.86. The van der Waals surface area contributed by atoms with Crippen molar-refractivity contribution in [2.24, 2.45) is 0 Å². The number of hydrogen-bond donors (Lipinski definition) is 1. The molecule has 112 valence electrons. The highest BCUT2D eigenvalue weighted by atomic mass is 16.5. The predicted molar refractivity (Wildman–Crippen MR) is 83.2 cm³/mol. The third-order valence-corrected chi connectivity index (χ3v) is 3.09. The molecule has 0 unspecified atom stereocenters. The molecule has 0 aliphatic rings. The molecule has 0 atom stereocenters. The lowest BCUT2D eigenvalue weighted by Gasteiger charge is -2.11. The first kappa shape index (κ1) is 15.1. The Balaban J connectivity index is 2.01. The van der Waals surface area contributed by atoms with E-state index < -0.39 is 0 Å². The molecule has 0 aliphatic carbocycles. The van der Waals surface area contributed by atoms with Crippen LogP contribution in [0.5, 0.6) is 11.6 Å². The topological polar surface area (TPSA) is 56.3 Å². The molecule has 2 aromatic rings. The normalized spacial score (nSPS) is 10.3. The summed E-state index contributed by atoms with van der Waals surface area (Å²) < 4.78 is 10.9. The zero-order valence-corrected chi connectivity index (χ0v) is 12.9. The van der Waals surface area contributed by atoms with E-state index in [1.54, 1.807) is 13.2 Å². The van der Waals surface area contributed by atoms with E-state index in [1.165, 1.54) is 0 Å². The maximum Gasteiger partial charge on any atom is 0.216 e. The Morgan fingerprint density at radius 3 is 2.71 bits per heavy atom. The molecule has 0 saturated heterocycles. The molecule has 0 radical (unpaired) electrons. The number of nitrogens with one attached hydrogen (secondary N) is 1. The van der Waals surface area contributed by atoms with E-state index in [0.717, 1.165) is 34.8 Å². The number of methoxy groups -OCH3 is 1. The molecule has 1 N–H and O–H groups in total. The van der Waals surface area contributed by atoms with E-state index in [2.05, 4.69) is 21.4 Å². The SMILES string of the molecule is CNc1ncc(C)cc1CCOc1cc(C)nc(OC)c1. The van der Waals surface area contributed by atoms with Gasteiger partial charge in [-0.1, -0.05) is 6.07 Å². The van der Waals surface area contributed by atoms with E-state index in [0.29, 0.717) is 12.5 Å². The van der Waals surface area contributed by atoms with Crippen LogP contribution in [0.25, 0.3) is 0 Å². The van der Waals surface area contributed by atoms with Crippen LogP contribution in [-0.2, 0) is 6.42 Å². The lowest BCUT2D eigenvalue weighted by atomic mass is 10.1. The maximum absolute atomic E-state index is 5.80. The second kappa shape index (κ2) is 6.92. The van der Waals surface area contributed by atoms with Gasteiger partial charge in [-0.25, -0.2) is 9.97 Å². The average Bonchev–Trinajstić information content (AvgIpc) is 2.47. The molecule has 0 aliphatic heterocycles. The predicted octanol–water partition coefficient (Wildman–Crippen LogP) is 2.77. The van der Waals surface area contributed by atoms with E-state index in [4.69, 9.17) is 9.47 Å². The van der Waals surface area contributed by atoms with Crippen molar-refractivity contribution in [2.45, 2.75) is 20.3 Å². The van der Waals surface area contributed by atoms with Gasteiger partial charge in [0.25, 0.3) is 0 Å². The number of hydrogen-bond acceptors (Lipinski definition) is 5. The van der Waals surface area contributed by atoms with Crippen LogP contribution in [-0.4, -0.2) is 30.7 Å². The minimum atomic E-state index is 0.568. The smallest absolute Gasteiger partial charge is 0.216 e. The molecular formula is C16H21N3O2. The van der Waals surface area contributed by atoms with Crippen LogP contribution < -0.4 is 14.8 Å². The Hall–Kier alpha value is -2.30. The van der Waals surface area contributed by atoms with Crippen LogP contribution in [0.1, 0.15) is 16.8 Å². The molecule has 0 spiro atoms. The van der Waals surface area contributed by atoms with Crippen LogP contribution in [0.4, 0.5) is 5.82 Å². The number of nitrogens with zero attached hydrogens (tertiary/aromatic N) is 2. The van der Waals surface area contributed by atoms with Crippen molar-refractivity contribution in [1.29, 1.82) is 0 Å². The van der Waals surface area contributed by atoms with Gasteiger partial charge >= 0.3 is 0 Å². The summed E-state index contributed by atoms with van der Waals surface area (Å²) in [5.41, 5.74) is 3.16. The summed E-state index contributed by atoms with van der Waals surface area (Å²) >= 11 is 0. The first-order valence-electron chi connectivity index (χ1n) is 6.91. The van der Waals surface area contributed by atoms with Crippen LogP contribution in [0.15, 0.2) is 24.4 Å². The highest BCUT2D eigenvalue weighted by Gasteiger charge is 2.05. The molecule has 0 saturated carbocycles. The van der Waals surface area contributed by atoms with Gasteiger partial charge in [0.15, 0.2) is 0 Å². The maximum atomic E-state index is 5.80. The van der Waals surface area contributed by atoms with Crippen molar-refractivity contribution in [2.75, 3.05) is 26.1 Å². The van der Waals surface area contributed by atoms with Gasteiger partial charge in [0.2, 0.25) is 5.88 Å². The number of pyridine rings is 2. The van der Waals surface area contributed by atoms with Crippen LogP contribution in [0.2, 0.25) is 0 Å². The number of ether oxygens (including phenoxy) is 2.